The van der Waals surface area contributed by atoms with Gasteiger partial charge in [-0.3, -0.25) is 4.79 Å². The van der Waals surface area contributed by atoms with Gasteiger partial charge in [0.1, 0.15) is 0 Å². The molecule has 1 saturated carbocycles. The summed E-state index contributed by atoms with van der Waals surface area (Å²) in [7, 11) is 0. The van der Waals surface area contributed by atoms with E-state index in [1.54, 1.807) is 0 Å². The highest BCUT2D eigenvalue weighted by Gasteiger charge is 2.43. The van der Waals surface area contributed by atoms with E-state index < -0.39 is 0 Å². The number of carbonyl (C=O) groups excluding carboxylic acids is 1. The van der Waals surface area contributed by atoms with Crippen LogP contribution in [0, 0.1) is 10.8 Å². The topological polar surface area (TPSA) is 20.3 Å². The molecule has 2 heteroatoms. The minimum absolute atomic E-state index is 0.204. The van der Waals surface area contributed by atoms with E-state index in [0.717, 1.165) is 13.1 Å². The number of hydrogen-bond acceptors (Lipinski definition) is 1. The van der Waals surface area contributed by atoms with E-state index in [0.29, 0.717) is 11.3 Å². The van der Waals surface area contributed by atoms with Gasteiger partial charge >= 0.3 is 0 Å². The summed E-state index contributed by atoms with van der Waals surface area (Å²) in [5, 5.41) is 0. The molecule has 0 radical (unpaired) electrons. The second-order valence-corrected chi connectivity index (χ2v) is 6.43. The third-order valence-electron chi connectivity index (χ3n) is 4.03. The van der Waals surface area contributed by atoms with E-state index in [-0.39, 0.29) is 5.41 Å². The molecule has 2 aliphatic rings. The van der Waals surface area contributed by atoms with E-state index >= 15 is 0 Å². The summed E-state index contributed by atoms with van der Waals surface area (Å²) >= 11 is 0. The summed E-state index contributed by atoms with van der Waals surface area (Å²) in [5.41, 5.74) is 0.311. The van der Waals surface area contributed by atoms with Crippen molar-refractivity contribution >= 4 is 5.91 Å². The maximum Gasteiger partial charge on any atom is 0.227 e. The minimum atomic E-state index is -0.204. The van der Waals surface area contributed by atoms with Crippen LogP contribution in [0.25, 0.3) is 0 Å². The molecule has 2 nitrogen and oxygen atoms in total. The first-order valence-corrected chi connectivity index (χ1v) is 6.22. The fraction of sp³-hybridized carbons (Fsp3) is 0.923. The highest BCUT2D eigenvalue weighted by Crippen LogP contribution is 2.45. The van der Waals surface area contributed by atoms with Crippen LogP contribution in [0.1, 0.15) is 52.9 Å². The molecular formula is C13H23NO. The van der Waals surface area contributed by atoms with Crippen molar-refractivity contribution in [2.75, 3.05) is 13.1 Å². The van der Waals surface area contributed by atoms with Crippen LogP contribution in [0.2, 0.25) is 0 Å². The molecular weight excluding hydrogens is 186 g/mol. The smallest absolute Gasteiger partial charge is 0.227 e. The molecule has 1 spiro atoms. The Morgan fingerprint density at radius 3 is 2.27 bits per heavy atom. The molecule has 1 amide bonds. The Balaban J connectivity index is 2.01. The first-order valence-electron chi connectivity index (χ1n) is 6.22. The Bertz CT molecular complexity index is 258. The molecule has 2 rings (SSSR count). The second kappa shape index (κ2) is 3.50. The van der Waals surface area contributed by atoms with Gasteiger partial charge in [-0.05, 0) is 24.7 Å². The minimum Gasteiger partial charge on any atom is -0.342 e. The predicted molar refractivity (Wildman–Crippen MR) is 61.6 cm³/mol. The Morgan fingerprint density at radius 1 is 1.13 bits per heavy atom. The molecule has 0 bridgehead atoms. The molecule has 0 aromatic heterocycles. The number of hydrogen-bond donors (Lipinski definition) is 0. The Morgan fingerprint density at radius 2 is 1.73 bits per heavy atom. The van der Waals surface area contributed by atoms with Gasteiger partial charge in [-0.15, -0.1) is 0 Å². The van der Waals surface area contributed by atoms with Crippen molar-refractivity contribution in [3.8, 4) is 0 Å². The molecule has 0 aromatic carbocycles. The lowest BCUT2D eigenvalue weighted by Crippen LogP contribution is -2.39. The first-order chi connectivity index (χ1) is 6.93. The molecule has 0 N–H and O–H groups in total. The number of likely N-dealkylation sites (tertiary alicyclic amines) is 1. The van der Waals surface area contributed by atoms with Gasteiger partial charge in [0, 0.05) is 18.5 Å². The molecule has 1 aliphatic heterocycles. The fourth-order valence-corrected chi connectivity index (χ4v) is 3.12. The number of rotatable bonds is 0. The van der Waals surface area contributed by atoms with Gasteiger partial charge in [-0.2, -0.15) is 0 Å². The number of nitrogens with zero attached hydrogens (tertiary/aromatic N) is 1. The second-order valence-electron chi connectivity index (χ2n) is 6.43. The summed E-state index contributed by atoms with van der Waals surface area (Å²) in [5.74, 6) is 0.339. The molecule has 0 unspecified atom stereocenters. The van der Waals surface area contributed by atoms with Crippen LogP contribution < -0.4 is 0 Å². The molecule has 1 heterocycles. The van der Waals surface area contributed by atoms with Crippen LogP contribution in [0.5, 0.6) is 0 Å². The van der Waals surface area contributed by atoms with Crippen molar-refractivity contribution in [2.24, 2.45) is 10.8 Å². The quantitative estimate of drug-likeness (QED) is 0.601. The molecule has 0 atom stereocenters. The van der Waals surface area contributed by atoms with E-state index in [1.165, 1.54) is 32.1 Å². The average molecular weight is 209 g/mol. The zero-order valence-corrected chi connectivity index (χ0v) is 10.3. The third-order valence-corrected chi connectivity index (χ3v) is 4.03. The maximum absolute atomic E-state index is 12.1. The van der Waals surface area contributed by atoms with E-state index in [2.05, 4.69) is 4.90 Å². The average Bonchev–Trinajstić information content (AvgIpc) is 2.75. The number of carbonyl (C=O) groups is 1. The summed E-state index contributed by atoms with van der Waals surface area (Å²) in [4.78, 5) is 14.2. The van der Waals surface area contributed by atoms with E-state index in [4.69, 9.17) is 0 Å². The number of amides is 1. The van der Waals surface area contributed by atoms with Crippen LogP contribution in [-0.4, -0.2) is 23.9 Å². The molecule has 15 heavy (non-hydrogen) atoms. The van der Waals surface area contributed by atoms with Gasteiger partial charge in [0.05, 0.1) is 0 Å². The summed E-state index contributed by atoms with van der Waals surface area (Å²) in [6, 6.07) is 0. The standard InChI is InChI=1S/C13H23NO/c1-12(2,3)11(15)14-9-8-13(10-14)6-4-5-7-13/h4-10H2,1-3H3. The van der Waals surface area contributed by atoms with Crippen molar-refractivity contribution < 1.29 is 4.79 Å². The highest BCUT2D eigenvalue weighted by molar-refractivity contribution is 5.81. The largest absolute Gasteiger partial charge is 0.342 e. The van der Waals surface area contributed by atoms with Crippen molar-refractivity contribution in [1.82, 2.24) is 4.90 Å². The lowest BCUT2D eigenvalue weighted by Gasteiger charge is -2.28. The van der Waals surface area contributed by atoms with Crippen molar-refractivity contribution in [2.45, 2.75) is 52.9 Å². The Kier molecular flexibility index (Phi) is 2.56. The van der Waals surface area contributed by atoms with E-state index in [1.807, 2.05) is 20.8 Å². The summed E-state index contributed by atoms with van der Waals surface area (Å²) < 4.78 is 0. The zero-order valence-electron chi connectivity index (χ0n) is 10.3. The van der Waals surface area contributed by atoms with Crippen LogP contribution in [0.3, 0.4) is 0 Å². The van der Waals surface area contributed by atoms with Crippen molar-refractivity contribution in [1.29, 1.82) is 0 Å². The van der Waals surface area contributed by atoms with Crippen LogP contribution in [0.4, 0.5) is 0 Å². The fourth-order valence-electron chi connectivity index (χ4n) is 3.12. The Hall–Kier alpha value is -0.530. The molecule has 1 saturated heterocycles. The van der Waals surface area contributed by atoms with Crippen LogP contribution >= 0.6 is 0 Å². The van der Waals surface area contributed by atoms with Crippen molar-refractivity contribution in [3.63, 3.8) is 0 Å². The van der Waals surface area contributed by atoms with Gasteiger partial charge in [-0.1, -0.05) is 33.6 Å². The van der Waals surface area contributed by atoms with Crippen LogP contribution in [-0.2, 0) is 4.79 Å². The van der Waals surface area contributed by atoms with Gasteiger partial charge in [0.25, 0.3) is 0 Å². The molecule has 1 aliphatic carbocycles. The monoisotopic (exact) mass is 209 g/mol. The highest BCUT2D eigenvalue weighted by atomic mass is 16.2. The van der Waals surface area contributed by atoms with Crippen LogP contribution in [0.15, 0.2) is 0 Å². The summed E-state index contributed by atoms with van der Waals surface area (Å²) in [6.45, 7) is 8.10. The lowest BCUT2D eigenvalue weighted by molar-refractivity contribution is -0.138. The predicted octanol–water partition coefficient (Wildman–Crippen LogP) is 2.83. The SMILES string of the molecule is CC(C)(C)C(=O)N1CCC2(CCCC2)C1. The van der Waals surface area contributed by atoms with Gasteiger partial charge in [-0.25, -0.2) is 0 Å². The van der Waals surface area contributed by atoms with E-state index in [9.17, 15) is 4.79 Å². The normalized spacial score (nSPS) is 25.1. The van der Waals surface area contributed by atoms with Gasteiger partial charge < -0.3 is 4.90 Å². The van der Waals surface area contributed by atoms with Gasteiger partial charge in [0.15, 0.2) is 0 Å². The maximum atomic E-state index is 12.1. The molecule has 2 fully saturated rings. The van der Waals surface area contributed by atoms with Crippen molar-refractivity contribution in [3.05, 3.63) is 0 Å². The third kappa shape index (κ3) is 2.04. The summed E-state index contributed by atoms with van der Waals surface area (Å²) in [6.07, 6.45) is 6.69. The first kappa shape index (κ1) is 11.0. The van der Waals surface area contributed by atoms with Gasteiger partial charge in [0.2, 0.25) is 5.91 Å². The lowest BCUT2D eigenvalue weighted by atomic mass is 9.85. The zero-order chi connectivity index (χ0) is 11.1. The Labute approximate surface area is 93.0 Å². The molecule has 86 valence electrons. The molecule has 0 aromatic rings.